The molecule has 3 heterocycles. The van der Waals surface area contributed by atoms with Crippen LogP contribution in [0.5, 0.6) is 0 Å². The van der Waals surface area contributed by atoms with Gasteiger partial charge in [0.15, 0.2) is 0 Å². The molecule has 0 unspecified atom stereocenters. The van der Waals surface area contributed by atoms with E-state index in [9.17, 15) is 4.79 Å². The molecule has 0 radical (unpaired) electrons. The molecule has 5 nitrogen and oxygen atoms in total. The molecule has 0 spiro atoms. The molecule has 3 aromatic rings. The summed E-state index contributed by atoms with van der Waals surface area (Å²) in [5.41, 5.74) is 3.60. The minimum Gasteiger partial charge on any atom is -0.337 e. The fourth-order valence-corrected chi connectivity index (χ4v) is 3.73. The molecule has 0 bridgehead atoms. The van der Waals surface area contributed by atoms with Gasteiger partial charge in [-0.1, -0.05) is 18.2 Å². The molecular weight excluding hydrogens is 324 g/mol. The first-order valence-electron chi connectivity index (χ1n) is 9.11. The van der Waals surface area contributed by atoms with E-state index in [1.165, 1.54) is 10.9 Å². The van der Waals surface area contributed by atoms with Crippen molar-refractivity contribution in [2.24, 2.45) is 5.92 Å². The number of carbonyl (C=O) groups is 1. The fourth-order valence-electron chi connectivity index (χ4n) is 3.73. The highest BCUT2D eigenvalue weighted by Gasteiger charge is 2.25. The van der Waals surface area contributed by atoms with Crippen LogP contribution in [-0.4, -0.2) is 38.8 Å². The lowest BCUT2D eigenvalue weighted by Crippen LogP contribution is -2.40. The van der Waals surface area contributed by atoms with E-state index in [-0.39, 0.29) is 5.91 Å². The number of para-hydroxylation sites is 1. The van der Waals surface area contributed by atoms with E-state index >= 15 is 0 Å². The number of piperidine rings is 1. The van der Waals surface area contributed by atoms with Crippen molar-refractivity contribution in [3.05, 3.63) is 65.9 Å². The molecule has 5 heteroatoms. The first-order chi connectivity index (χ1) is 12.7. The maximum atomic E-state index is 12.7. The molecule has 132 valence electrons. The normalized spacial score (nSPS) is 17.4. The van der Waals surface area contributed by atoms with Crippen LogP contribution in [0.1, 0.15) is 34.6 Å². The minimum atomic E-state index is -0.0122. The van der Waals surface area contributed by atoms with Crippen LogP contribution in [0.2, 0.25) is 0 Å². The van der Waals surface area contributed by atoms with Gasteiger partial charge in [-0.25, -0.2) is 4.98 Å². The summed E-state index contributed by atoms with van der Waals surface area (Å²) in [6.45, 7) is 3.43. The van der Waals surface area contributed by atoms with Gasteiger partial charge in [0.05, 0.1) is 17.4 Å². The molecule has 1 aliphatic heterocycles. The van der Waals surface area contributed by atoms with Gasteiger partial charge in [-0.15, -0.1) is 0 Å². The highest BCUT2D eigenvalue weighted by atomic mass is 16.2. The summed E-state index contributed by atoms with van der Waals surface area (Å²) in [4.78, 5) is 27.5. The van der Waals surface area contributed by atoms with Crippen molar-refractivity contribution in [1.82, 2.24) is 19.9 Å². The van der Waals surface area contributed by atoms with E-state index in [2.05, 4.69) is 33.2 Å². The molecule has 2 aromatic heterocycles. The highest BCUT2D eigenvalue weighted by molar-refractivity contribution is 5.92. The second-order valence-corrected chi connectivity index (χ2v) is 6.99. The summed E-state index contributed by atoms with van der Waals surface area (Å²) < 4.78 is 0. The van der Waals surface area contributed by atoms with Crippen LogP contribution in [0.3, 0.4) is 0 Å². The van der Waals surface area contributed by atoms with Gasteiger partial charge in [0.25, 0.3) is 5.91 Å². The van der Waals surface area contributed by atoms with Crippen LogP contribution in [0.15, 0.2) is 48.9 Å². The molecule has 1 amide bonds. The number of benzene rings is 1. The Morgan fingerprint density at radius 1 is 1.15 bits per heavy atom. The number of hydrogen-bond donors (Lipinski definition) is 0. The lowest BCUT2D eigenvalue weighted by Gasteiger charge is -2.32. The molecule has 0 saturated carbocycles. The van der Waals surface area contributed by atoms with Crippen LogP contribution >= 0.6 is 0 Å². The second kappa shape index (κ2) is 7.20. The van der Waals surface area contributed by atoms with E-state index < -0.39 is 0 Å². The summed E-state index contributed by atoms with van der Waals surface area (Å²) >= 11 is 0. The van der Waals surface area contributed by atoms with Gasteiger partial charge in [-0.3, -0.25) is 14.8 Å². The van der Waals surface area contributed by atoms with E-state index in [0.29, 0.717) is 11.6 Å². The van der Waals surface area contributed by atoms with Gasteiger partial charge in [-0.05, 0) is 49.8 Å². The Hall–Kier alpha value is -2.82. The maximum Gasteiger partial charge on any atom is 0.274 e. The van der Waals surface area contributed by atoms with Crippen LogP contribution < -0.4 is 0 Å². The number of amides is 1. The smallest absolute Gasteiger partial charge is 0.274 e. The topological polar surface area (TPSA) is 59.0 Å². The Morgan fingerprint density at radius 3 is 2.88 bits per heavy atom. The van der Waals surface area contributed by atoms with Crippen LogP contribution in [-0.2, 0) is 6.42 Å². The van der Waals surface area contributed by atoms with Crippen LogP contribution in [0.4, 0.5) is 0 Å². The monoisotopic (exact) mass is 346 g/mol. The van der Waals surface area contributed by atoms with Crippen LogP contribution in [0, 0.1) is 12.8 Å². The number of nitrogens with zero attached hydrogens (tertiary/aromatic N) is 4. The van der Waals surface area contributed by atoms with Crippen LogP contribution in [0.25, 0.3) is 10.9 Å². The third-order valence-electron chi connectivity index (χ3n) is 5.05. The third kappa shape index (κ3) is 3.43. The highest BCUT2D eigenvalue weighted by Crippen LogP contribution is 2.25. The first-order valence-corrected chi connectivity index (χ1v) is 9.11. The zero-order chi connectivity index (χ0) is 17.9. The Kier molecular flexibility index (Phi) is 4.61. The molecule has 1 aromatic carbocycles. The minimum absolute atomic E-state index is 0.0122. The van der Waals surface area contributed by atoms with Gasteiger partial charge < -0.3 is 4.90 Å². The van der Waals surface area contributed by atoms with Crippen molar-refractivity contribution in [1.29, 1.82) is 0 Å². The van der Waals surface area contributed by atoms with E-state index in [0.717, 1.165) is 43.6 Å². The lowest BCUT2D eigenvalue weighted by atomic mass is 9.90. The predicted molar refractivity (Wildman–Crippen MR) is 101 cm³/mol. The molecule has 0 N–H and O–H groups in total. The number of aryl methyl sites for hydroxylation is 1. The Morgan fingerprint density at radius 2 is 2.04 bits per heavy atom. The molecule has 0 aliphatic carbocycles. The average molecular weight is 346 g/mol. The summed E-state index contributed by atoms with van der Waals surface area (Å²) in [7, 11) is 0. The summed E-state index contributed by atoms with van der Waals surface area (Å²) in [6, 6.07) is 10.4. The van der Waals surface area contributed by atoms with Gasteiger partial charge in [-0.2, -0.15) is 0 Å². The molecular formula is C21H22N4O. The van der Waals surface area contributed by atoms with Crippen molar-refractivity contribution in [3.63, 3.8) is 0 Å². The summed E-state index contributed by atoms with van der Waals surface area (Å²) in [5.74, 6) is 0.443. The number of hydrogen-bond acceptors (Lipinski definition) is 4. The Balaban J connectivity index is 1.50. The SMILES string of the molecule is Cc1cnc(C(=O)N2CCC[C@@H](Cc3ccnc4ccccc34)C2)cn1. The van der Waals surface area contributed by atoms with Crippen molar-refractivity contribution >= 4 is 16.8 Å². The predicted octanol–water partition coefficient (Wildman–Crippen LogP) is 3.43. The number of aromatic nitrogens is 3. The van der Waals surface area contributed by atoms with Gasteiger partial charge >= 0.3 is 0 Å². The quantitative estimate of drug-likeness (QED) is 0.729. The van der Waals surface area contributed by atoms with Crippen molar-refractivity contribution < 1.29 is 4.79 Å². The van der Waals surface area contributed by atoms with Crippen molar-refractivity contribution in [2.75, 3.05) is 13.1 Å². The number of carbonyl (C=O) groups excluding carboxylic acids is 1. The fraction of sp³-hybridized carbons (Fsp3) is 0.333. The Labute approximate surface area is 153 Å². The van der Waals surface area contributed by atoms with E-state index in [1.54, 1.807) is 12.4 Å². The molecule has 1 fully saturated rings. The summed E-state index contributed by atoms with van der Waals surface area (Å²) in [6.07, 6.45) is 8.24. The molecule has 1 atom stereocenters. The molecule has 1 aliphatic rings. The van der Waals surface area contributed by atoms with Gasteiger partial charge in [0.1, 0.15) is 5.69 Å². The average Bonchev–Trinajstić information content (AvgIpc) is 2.69. The second-order valence-electron chi connectivity index (χ2n) is 6.99. The van der Waals surface area contributed by atoms with Crippen molar-refractivity contribution in [2.45, 2.75) is 26.2 Å². The lowest BCUT2D eigenvalue weighted by molar-refractivity contribution is 0.0667. The van der Waals surface area contributed by atoms with E-state index in [4.69, 9.17) is 0 Å². The van der Waals surface area contributed by atoms with Gasteiger partial charge in [0, 0.05) is 30.9 Å². The Bertz CT molecular complexity index is 917. The van der Waals surface area contributed by atoms with Crippen molar-refractivity contribution in [3.8, 4) is 0 Å². The number of fused-ring (bicyclic) bond motifs is 1. The van der Waals surface area contributed by atoms with Gasteiger partial charge in [0.2, 0.25) is 0 Å². The maximum absolute atomic E-state index is 12.7. The third-order valence-corrected chi connectivity index (χ3v) is 5.05. The largest absolute Gasteiger partial charge is 0.337 e. The first kappa shape index (κ1) is 16.6. The standard InChI is InChI=1S/C21H22N4O/c1-15-12-24-20(13-23-15)21(26)25-10-4-5-16(14-25)11-17-8-9-22-19-7-3-2-6-18(17)19/h2-3,6-9,12-13,16H,4-5,10-11,14H2,1H3/t16-/m0/s1. The number of rotatable bonds is 3. The number of likely N-dealkylation sites (tertiary alicyclic amines) is 1. The number of pyridine rings is 1. The molecule has 1 saturated heterocycles. The zero-order valence-electron chi connectivity index (χ0n) is 14.9. The molecule has 26 heavy (non-hydrogen) atoms. The van der Waals surface area contributed by atoms with E-state index in [1.807, 2.05) is 30.2 Å². The zero-order valence-corrected chi connectivity index (χ0v) is 14.9. The molecule has 4 rings (SSSR count). The summed E-state index contributed by atoms with van der Waals surface area (Å²) in [5, 5.41) is 1.21.